The molecule has 3 heterocycles. The molecule has 1 aromatic heterocycles. The molecule has 1 unspecified atom stereocenters. The Morgan fingerprint density at radius 3 is 2.72 bits per heavy atom. The van der Waals surface area contributed by atoms with Gasteiger partial charge in [-0.3, -0.25) is 0 Å². The first-order chi connectivity index (χ1) is 15.5. The Labute approximate surface area is 190 Å². The second kappa shape index (κ2) is 10.3. The molecule has 1 fully saturated rings. The molecule has 8 heteroatoms. The zero-order chi connectivity index (χ0) is 22.5. The summed E-state index contributed by atoms with van der Waals surface area (Å²) < 4.78 is 5.43. The van der Waals surface area contributed by atoms with E-state index in [1.165, 1.54) is 0 Å². The number of carbonyl (C=O) groups is 1. The number of urea groups is 1. The number of nitrogens with zero attached hydrogens (tertiary/aromatic N) is 4. The summed E-state index contributed by atoms with van der Waals surface area (Å²) in [4.78, 5) is 26.6. The average Bonchev–Trinajstić information content (AvgIpc) is 2.79. The molecule has 0 aliphatic carbocycles. The summed E-state index contributed by atoms with van der Waals surface area (Å²) >= 11 is 0. The number of hydrogen-bond donors (Lipinski definition) is 2. The fourth-order valence-corrected chi connectivity index (χ4v) is 4.38. The third kappa shape index (κ3) is 5.55. The zero-order valence-corrected chi connectivity index (χ0v) is 19.3. The van der Waals surface area contributed by atoms with Crippen LogP contribution in [0.3, 0.4) is 0 Å². The Morgan fingerprint density at radius 1 is 1.25 bits per heavy atom. The number of carbonyl (C=O) groups excluding carboxylic acids is 1. The minimum atomic E-state index is -0.0801. The molecule has 2 aliphatic rings. The zero-order valence-electron chi connectivity index (χ0n) is 19.3. The molecule has 2 amide bonds. The van der Waals surface area contributed by atoms with Crippen molar-refractivity contribution < 1.29 is 9.53 Å². The molecule has 32 heavy (non-hydrogen) atoms. The van der Waals surface area contributed by atoms with Crippen LogP contribution in [-0.4, -0.2) is 71.7 Å². The van der Waals surface area contributed by atoms with Gasteiger partial charge in [-0.2, -0.15) is 0 Å². The van der Waals surface area contributed by atoms with Gasteiger partial charge >= 0.3 is 6.03 Å². The summed E-state index contributed by atoms with van der Waals surface area (Å²) in [6.07, 6.45) is 4.58. The quantitative estimate of drug-likeness (QED) is 0.722. The van der Waals surface area contributed by atoms with Crippen molar-refractivity contribution in [1.82, 2.24) is 25.1 Å². The second-order valence-electron chi connectivity index (χ2n) is 9.05. The first-order valence-corrected chi connectivity index (χ1v) is 11.5. The first kappa shape index (κ1) is 22.5. The van der Waals surface area contributed by atoms with Gasteiger partial charge in [0.05, 0.1) is 18.3 Å². The Morgan fingerprint density at radius 2 is 2.00 bits per heavy atom. The van der Waals surface area contributed by atoms with Crippen LogP contribution < -0.4 is 10.6 Å². The van der Waals surface area contributed by atoms with Gasteiger partial charge < -0.3 is 25.2 Å². The summed E-state index contributed by atoms with van der Waals surface area (Å²) in [6, 6.07) is 10.4. The molecule has 2 aromatic rings. The van der Waals surface area contributed by atoms with Crippen LogP contribution in [0.1, 0.15) is 42.6 Å². The number of fused-ring (bicyclic) bond motifs is 1. The lowest BCUT2D eigenvalue weighted by Crippen LogP contribution is -2.50. The predicted octanol–water partition coefficient (Wildman–Crippen LogP) is 2.83. The maximum absolute atomic E-state index is 13.3. The highest BCUT2D eigenvalue weighted by molar-refractivity contribution is 5.75. The molecule has 2 N–H and O–H groups in total. The van der Waals surface area contributed by atoms with E-state index in [-0.39, 0.29) is 18.1 Å². The summed E-state index contributed by atoms with van der Waals surface area (Å²) in [5, 5.41) is 6.68. The van der Waals surface area contributed by atoms with Crippen molar-refractivity contribution in [3.8, 4) is 0 Å². The maximum atomic E-state index is 13.3. The van der Waals surface area contributed by atoms with Crippen LogP contribution in [0.5, 0.6) is 0 Å². The molecule has 2 atom stereocenters. The van der Waals surface area contributed by atoms with Crippen molar-refractivity contribution in [3.05, 3.63) is 53.3 Å². The van der Waals surface area contributed by atoms with Gasteiger partial charge in [0.1, 0.15) is 0 Å². The van der Waals surface area contributed by atoms with Crippen molar-refractivity contribution in [2.45, 2.75) is 50.9 Å². The monoisotopic (exact) mass is 438 g/mol. The average molecular weight is 439 g/mol. The predicted molar refractivity (Wildman–Crippen MR) is 124 cm³/mol. The van der Waals surface area contributed by atoms with E-state index in [4.69, 9.17) is 9.72 Å². The van der Waals surface area contributed by atoms with Crippen molar-refractivity contribution in [3.63, 3.8) is 0 Å². The number of amides is 2. The lowest BCUT2D eigenvalue weighted by molar-refractivity contribution is 0.0903. The molecular formula is C24H34N6O2. The van der Waals surface area contributed by atoms with Crippen molar-refractivity contribution in [1.29, 1.82) is 0 Å². The highest BCUT2D eigenvalue weighted by atomic mass is 16.5. The van der Waals surface area contributed by atoms with E-state index in [2.05, 4.69) is 39.6 Å². The van der Waals surface area contributed by atoms with Crippen LogP contribution in [0.4, 0.5) is 10.7 Å². The molecule has 1 aromatic carbocycles. The van der Waals surface area contributed by atoms with Crippen LogP contribution >= 0.6 is 0 Å². The molecule has 0 bridgehead atoms. The third-order valence-corrected chi connectivity index (χ3v) is 6.18. The molecular weight excluding hydrogens is 404 g/mol. The van der Waals surface area contributed by atoms with Crippen LogP contribution in [0.2, 0.25) is 0 Å². The van der Waals surface area contributed by atoms with Crippen LogP contribution in [-0.2, 0) is 17.7 Å². The van der Waals surface area contributed by atoms with E-state index in [0.29, 0.717) is 18.5 Å². The van der Waals surface area contributed by atoms with E-state index >= 15 is 0 Å². The fraction of sp³-hybridized carbons (Fsp3) is 0.542. The lowest BCUT2D eigenvalue weighted by Gasteiger charge is -2.36. The summed E-state index contributed by atoms with van der Waals surface area (Å²) in [6.45, 7) is 4.83. The lowest BCUT2D eigenvalue weighted by atomic mass is 10.0. The van der Waals surface area contributed by atoms with Crippen LogP contribution in [0.25, 0.3) is 0 Å². The number of anilines is 1. The van der Waals surface area contributed by atoms with Gasteiger partial charge in [0.25, 0.3) is 0 Å². The number of rotatable bonds is 6. The van der Waals surface area contributed by atoms with Gasteiger partial charge in [-0.15, -0.1) is 0 Å². The Balaban J connectivity index is 1.46. The summed E-state index contributed by atoms with van der Waals surface area (Å²) in [5.74, 6) is 0.639. The number of aromatic nitrogens is 2. The normalized spacial score (nSPS) is 20.0. The van der Waals surface area contributed by atoms with Gasteiger partial charge in [-0.05, 0) is 51.4 Å². The molecule has 8 nitrogen and oxygen atoms in total. The minimum absolute atomic E-state index is 0.0589. The molecule has 4 rings (SSSR count). The smallest absolute Gasteiger partial charge is 0.318 e. The highest BCUT2D eigenvalue weighted by Gasteiger charge is 2.30. The van der Waals surface area contributed by atoms with Crippen LogP contribution in [0, 0.1) is 0 Å². The maximum Gasteiger partial charge on any atom is 0.318 e. The van der Waals surface area contributed by atoms with Gasteiger partial charge in [-0.25, -0.2) is 14.8 Å². The van der Waals surface area contributed by atoms with E-state index in [1.54, 1.807) is 0 Å². The van der Waals surface area contributed by atoms with Gasteiger partial charge in [0, 0.05) is 38.0 Å². The van der Waals surface area contributed by atoms with E-state index < -0.39 is 0 Å². The standard InChI is InChI=1S/C24H34N6O2/c1-17-13-19-14-25-23(26-20-9-11-32-12-10-20)27-22(19)16-30(17)24(31)28-21(15-29(2)3)18-7-5-4-6-8-18/h4-8,14,17,20-21H,9-13,15-16H2,1-3H3,(H,28,31)(H,25,26,27)/t17?,21-/m1/s1. The number of ether oxygens (including phenoxy) is 1. The minimum Gasteiger partial charge on any atom is -0.381 e. The summed E-state index contributed by atoms with van der Waals surface area (Å²) in [5.41, 5.74) is 3.14. The number of hydrogen-bond acceptors (Lipinski definition) is 6. The second-order valence-corrected chi connectivity index (χ2v) is 9.05. The van der Waals surface area contributed by atoms with E-state index in [9.17, 15) is 4.79 Å². The molecule has 2 aliphatic heterocycles. The van der Waals surface area contributed by atoms with E-state index in [0.717, 1.165) is 55.8 Å². The molecule has 0 spiro atoms. The fourth-order valence-electron chi connectivity index (χ4n) is 4.38. The molecule has 1 saturated heterocycles. The Hall–Kier alpha value is -2.71. The van der Waals surface area contributed by atoms with Crippen molar-refractivity contribution >= 4 is 12.0 Å². The van der Waals surface area contributed by atoms with Gasteiger partial charge in [0.15, 0.2) is 0 Å². The third-order valence-electron chi connectivity index (χ3n) is 6.18. The molecule has 0 radical (unpaired) electrons. The Bertz CT molecular complexity index is 901. The number of likely N-dealkylation sites (N-methyl/N-ethyl adjacent to an activating group) is 1. The van der Waals surface area contributed by atoms with Gasteiger partial charge in [0.2, 0.25) is 5.95 Å². The topological polar surface area (TPSA) is 82.6 Å². The van der Waals surface area contributed by atoms with Crippen molar-refractivity contribution in [2.24, 2.45) is 0 Å². The number of nitrogens with one attached hydrogen (secondary N) is 2. The molecule has 172 valence electrons. The van der Waals surface area contributed by atoms with E-state index in [1.807, 2.05) is 43.4 Å². The van der Waals surface area contributed by atoms with Gasteiger partial charge in [-0.1, -0.05) is 30.3 Å². The summed E-state index contributed by atoms with van der Waals surface area (Å²) in [7, 11) is 4.04. The Kier molecular flexibility index (Phi) is 7.22. The molecule has 0 saturated carbocycles. The number of benzene rings is 1. The largest absolute Gasteiger partial charge is 0.381 e. The SMILES string of the molecule is CC1Cc2cnc(NC3CCOCC3)nc2CN1C(=O)N[C@H](CN(C)C)c1ccccc1. The van der Waals surface area contributed by atoms with Crippen molar-refractivity contribution in [2.75, 3.05) is 39.2 Å². The highest BCUT2D eigenvalue weighted by Crippen LogP contribution is 2.24. The first-order valence-electron chi connectivity index (χ1n) is 11.5. The van der Waals surface area contributed by atoms with Crippen LogP contribution in [0.15, 0.2) is 36.5 Å².